The predicted octanol–water partition coefficient (Wildman–Crippen LogP) is -1.69. The zero-order valence-electron chi connectivity index (χ0n) is 8.76. The van der Waals surface area contributed by atoms with E-state index in [1.165, 1.54) is 24.9 Å². The van der Waals surface area contributed by atoms with Gasteiger partial charge in [0.2, 0.25) is 0 Å². The van der Waals surface area contributed by atoms with Crippen LogP contribution in [0, 0.1) is 0 Å². The fourth-order valence-electron chi connectivity index (χ4n) is 1.39. The van der Waals surface area contributed by atoms with Crippen LogP contribution in [-0.4, -0.2) is 19.1 Å². The molecular weight excluding hydrogens is 212 g/mol. The van der Waals surface area contributed by atoms with Crippen LogP contribution < -0.4 is 22.5 Å². The lowest BCUT2D eigenvalue weighted by Gasteiger charge is -2.06. The van der Waals surface area contributed by atoms with E-state index >= 15 is 0 Å². The second-order valence-electron chi connectivity index (χ2n) is 3.28. The summed E-state index contributed by atoms with van der Waals surface area (Å²) in [4.78, 5) is 31.2. The van der Waals surface area contributed by atoms with Gasteiger partial charge < -0.3 is 5.43 Å². The number of aromatic nitrogens is 4. The van der Waals surface area contributed by atoms with Gasteiger partial charge in [-0.2, -0.15) is 0 Å². The van der Waals surface area contributed by atoms with Crippen LogP contribution in [-0.2, 0) is 14.1 Å². The van der Waals surface area contributed by atoms with Crippen molar-refractivity contribution >= 4 is 17.0 Å². The summed E-state index contributed by atoms with van der Waals surface area (Å²) in [6.45, 7) is 0. The van der Waals surface area contributed by atoms with Gasteiger partial charge in [0.15, 0.2) is 17.0 Å². The van der Waals surface area contributed by atoms with E-state index in [2.05, 4.69) is 15.4 Å². The topological polar surface area (TPSA) is 108 Å². The summed E-state index contributed by atoms with van der Waals surface area (Å²) >= 11 is 0. The van der Waals surface area contributed by atoms with Crippen molar-refractivity contribution in [2.45, 2.75) is 0 Å². The molecule has 0 saturated heterocycles. The third kappa shape index (κ3) is 1.27. The fraction of sp³-hybridized carbons (Fsp3) is 0.250. The zero-order valence-corrected chi connectivity index (χ0v) is 8.76. The van der Waals surface area contributed by atoms with E-state index in [1.54, 1.807) is 0 Å². The Kier molecular flexibility index (Phi) is 2.20. The van der Waals surface area contributed by atoms with Gasteiger partial charge >= 0.3 is 5.69 Å². The third-order valence-electron chi connectivity index (χ3n) is 2.30. The number of hydrazine groups is 1. The summed E-state index contributed by atoms with van der Waals surface area (Å²) in [6.07, 6.45) is 1.33. The van der Waals surface area contributed by atoms with E-state index < -0.39 is 11.2 Å². The first kappa shape index (κ1) is 10.3. The number of nitrogens with zero attached hydrogens (tertiary/aromatic N) is 4. The normalized spacial score (nSPS) is 10.7. The molecule has 0 aliphatic heterocycles. The number of nitrogens with two attached hydrogens (primary N) is 1. The molecule has 2 heterocycles. The second-order valence-corrected chi connectivity index (χ2v) is 3.28. The summed E-state index contributed by atoms with van der Waals surface area (Å²) in [5.74, 6) is 5.46. The Labute approximate surface area is 89.3 Å². The van der Waals surface area contributed by atoms with Crippen LogP contribution in [0.4, 0.5) is 5.82 Å². The van der Waals surface area contributed by atoms with Crippen molar-refractivity contribution in [3.63, 3.8) is 0 Å². The highest BCUT2D eigenvalue weighted by Gasteiger charge is 2.10. The van der Waals surface area contributed by atoms with Gasteiger partial charge in [0.05, 0.1) is 6.20 Å². The van der Waals surface area contributed by atoms with Gasteiger partial charge in [-0.3, -0.25) is 13.9 Å². The molecule has 16 heavy (non-hydrogen) atoms. The van der Waals surface area contributed by atoms with Gasteiger partial charge in [0.1, 0.15) is 0 Å². The molecule has 0 spiro atoms. The molecule has 3 N–H and O–H groups in total. The van der Waals surface area contributed by atoms with E-state index in [4.69, 9.17) is 5.84 Å². The molecule has 8 nitrogen and oxygen atoms in total. The number of hydrogen-bond donors (Lipinski definition) is 2. The minimum Gasteiger partial charge on any atom is -0.307 e. The van der Waals surface area contributed by atoms with Gasteiger partial charge in [0.25, 0.3) is 5.56 Å². The number of aryl methyl sites for hydroxylation is 1. The number of nitrogen functional groups attached to an aromatic ring is 1. The largest absolute Gasteiger partial charge is 0.332 e. The van der Waals surface area contributed by atoms with E-state index in [-0.39, 0.29) is 17.0 Å². The number of hydrogen-bond acceptors (Lipinski definition) is 6. The summed E-state index contributed by atoms with van der Waals surface area (Å²) in [5.41, 5.74) is 1.69. The molecule has 0 aliphatic carbocycles. The van der Waals surface area contributed by atoms with Gasteiger partial charge in [-0.1, -0.05) is 0 Å². The third-order valence-corrected chi connectivity index (χ3v) is 2.30. The van der Waals surface area contributed by atoms with Crippen LogP contribution in [0.25, 0.3) is 11.2 Å². The first-order valence-electron chi connectivity index (χ1n) is 4.45. The highest BCUT2D eigenvalue weighted by molar-refractivity contribution is 5.70. The second kappa shape index (κ2) is 3.42. The van der Waals surface area contributed by atoms with Crippen LogP contribution in [0.2, 0.25) is 0 Å². The maximum atomic E-state index is 11.7. The summed E-state index contributed by atoms with van der Waals surface area (Å²) in [6, 6.07) is 0. The van der Waals surface area contributed by atoms with E-state index in [0.29, 0.717) is 0 Å². The average molecular weight is 222 g/mol. The Balaban J connectivity index is 3.03. The average Bonchev–Trinajstić information content (AvgIpc) is 2.33. The molecule has 0 aromatic carbocycles. The Morgan fingerprint density at radius 3 is 2.62 bits per heavy atom. The van der Waals surface area contributed by atoms with Crippen LogP contribution in [0.5, 0.6) is 0 Å². The highest BCUT2D eigenvalue weighted by atomic mass is 16.2. The maximum Gasteiger partial charge on any atom is 0.332 e. The fourth-order valence-corrected chi connectivity index (χ4v) is 1.39. The van der Waals surface area contributed by atoms with Crippen LogP contribution in [0.15, 0.2) is 15.8 Å². The lowest BCUT2D eigenvalue weighted by molar-refractivity contribution is 0.704. The molecule has 2 aromatic heterocycles. The van der Waals surface area contributed by atoms with Crippen molar-refractivity contribution in [2.24, 2.45) is 19.9 Å². The molecule has 0 amide bonds. The SMILES string of the molecule is Cn1c(=O)c2ncc(NN)nc2n(C)c1=O. The zero-order chi connectivity index (χ0) is 11.9. The molecule has 0 radical (unpaired) electrons. The Morgan fingerprint density at radius 2 is 2.00 bits per heavy atom. The number of nitrogens with one attached hydrogen (secondary N) is 1. The minimum absolute atomic E-state index is 0.128. The molecule has 8 heteroatoms. The van der Waals surface area contributed by atoms with Crippen LogP contribution in [0.3, 0.4) is 0 Å². The van der Waals surface area contributed by atoms with Crippen molar-refractivity contribution in [3.05, 3.63) is 27.0 Å². The Bertz CT molecular complexity index is 671. The molecule has 84 valence electrons. The van der Waals surface area contributed by atoms with Crippen molar-refractivity contribution < 1.29 is 0 Å². The summed E-state index contributed by atoms with van der Waals surface area (Å²) in [5, 5.41) is 0. The van der Waals surface area contributed by atoms with E-state index in [0.717, 1.165) is 4.57 Å². The minimum atomic E-state index is -0.478. The quantitative estimate of drug-likeness (QED) is 0.440. The molecular formula is C8H10N6O2. The molecule has 0 bridgehead atoms. The Hall–Kier alpha value is -2.22. The molecule has 2 aromatic rings. The summed E-state index contributed by atoms with van der Waals surface area (Å²) in [7, 11) is 2.90. The van der Waals surface area contributed by atoms with Crippen molar-refractivity contribution in [2.75, 3.05) is 5.43 Å². The van der Waals surface area contributed by atoms with Gasteiger partial charge in [0, 0.05) is 14.1 Å². The monoisotopic (exact) mass is 222 g/mol. The maximum absolute atomic E-state index is 11.7. The lowest BCUT2D eigenvalue weighted by atomic mass is 10.5. The van der Waals surface area contributed by atoms with E-state index in [9.17, 15) is 9.59 Å². The summed E-state index contributed by atoms with van der Waals surface area (Å²) < 4.78 is 2.22. The molecule has 0 aliphatic rings. The number of anilines is 1. The predicted molar refractivity (Wildman–Crippen MR) is 57.8 cm³/mol. The smallest absolute Gasteiger partial charge is 0.307 e. The molecule has 0 saturated carbocycles. The first-order chi connectivity index (χ1) is 7.56. The van der Waals surface area contributed by atoms with Crippen molar-refractivity contribution in [1.82, 2.24) is 19.1 Å². The molecule has 0 unspecified atom stereocenters. The van der Waals surface area contributed by atoms with Gasteiger partial charge in [-0.25, -0.2) is 20.6 Å². The highest BCUT2D eigenvalue weighted by Crippen LogP contribution is 2.04. The van der Waals surface area contributed by atoms with E-state index in [1.807, 2.05) is 0 Å². The molecule has 0 fully saturated rings. The van der Waals surface area contributed by atoms with Crippen LogP contribution >= 0.6 is 0 Å². The number of rotatable bonds is 1. The van der Waals surface area contributed by atoms with Crippen molar-refractivity contribution in [1.29, 1.82) is 0 Å². The van der Waals surface area contributed by atoms with Gasteiger partial charge in [-0.15, -0.1) is 0 Å². The lowest BCUT2D eigenvalue weighted by Crippen LogP contribution is -2.37. The standard InChI is InChI=1S/C8H10N6O2/c1-13-6-5(7(15)14(2)8(13)16)10-3-4(11-6)12-9/h3H,9H2,1-2H3,(H,11,12). The van der Waals surface area contributed by atoms with Gasteiger partial charge in [-0.05, 0) is 0 Å². The van der Waals surface area contributed by atoms with Crippen LogP contribution in [0.1, 0.15) is 0 Å². The number of fused-ring (bicyclic) bond motifs is 1. The Morgan fingerprint density at radius 1 is 1.31 bits per heavy atom. The molecule has 2 rings (SSSR count). The van der Waals surface area contributed by atoms with Crippen molar-refractivity contribution in [3.8, 4) is 0 Å². The first-order valence-corrected chi connectivity index (χ1v) is 4.45. The molecule has 0 atom stereocenters.